The Balaban J connectivity index is 1.61. The van der Waals surface area contributed by atoms with Crippen LogP contribution in [0, 0.1) is 5.92 Å². The average molecular weight is 254 g/mol. The Morgan fingerprint density at radius 2 is 2.29 bits per heavy atom. The molecule has 0 amide bonds. The van der Waals surface area contributed by atoms with Crippen LogP contribution in [0.4, 0.5) is 0 Å². The number of nitrogens with one attached hydrogen (secondary N) is 1. The maximum atomic E-state index is 5.44. The first-order valence-corrected chi connectivity index (χ1v) is 7.83. The Morgan fingerprint density at radius 1 is 1.47 bits per heavy atom. The number of ether oxygens (including phenoxy) is 1. The van der Waals surface area contributed by atoms with E-state index in [0.717, 1.165) is 13.2 Å². The van der Waals surface area contributed by atoms with Gasteiger partial charge in [0.2, 0.25) is 0 Å². The molecule has 0 aromatic heterocycles. The molecular formula is C13H22N2OS. The van der Waals surface area contributed by atoms with Gasteiger partial charge >= 0.3 is 0 Å². The molecule has 1 saturated carbocycles. The maximum Gasteiger partial charge on any atom is 0.157 e. The van der Waals surface area contributed by atoms with Gasteiger partial charge in [0.1, 0.15) is 0 Å². The van der Waals surface area contributed by atoms with Crippen molar-refractivity contribution in [1.82, 2.24) is 5.32 Å². The van der Waals surface area contributed by atoms with Gasteiger partial charge in [-0.3, -0.25) is 4.99 Å². The van der Waals surface area contributed by atoms with Crippen LogP contribution in [0.1, 0.15) is 39.0 Å². The van der Waals surface area contributed by atoms with E-state index in [2.05, 4.69) is 12.2 Å². The predicted octanol–water partition coefficient (Wildman–Crippen LogP) is 2.42. The zero-order chi connectivity index (χ0) is 11.7. The highest BCUT2D eigenvalue weighted by Gasteiger charge is 2.39. The molecule has 2 unspecified atom stereocenters. The summed E-state index contributed by atoms with van der Waals surface area (Å²) in [5.74, 6) is 1.85. The van der Waals surface area contributed by atoms with E-state index in [-0.39, 0.29) is 0 Å². The molecule has 3 fully saturated rings. The molecule has 2 atom stereocenters. The SMILES string of the molecule is CC(N=C1NC2(CCCC2)CS1)C1CCOC1. The minimum absolute atomic E-state index is 0.398. The molecule has 0 aromatic carbocycles. The molecular weight excluding hydrogens is 232 g/mol. The first-order valence-electron chi connectivity index (χ1n) is 6.84. The lowest BCUT2D eigenvalue weighted by atomic mass is 10.0. The zero-order valence-electron chi connectivity index (χ0n) is 10.6. The molecule has 2 aliphatic heterocycles. The van der Waals surface area contributed by atoms with Crippen molar-refractivity contribution in [2.75, 3.05) is 19.0 Å². The van der Waals surface area contributed by atoms with Crippen LogP contribution in [0.25, 0.3) is 0 Å². The summed E-state index contributed by atoms with van der Waals surface area (Å²) in [4.78, 5) is 4.87. The van der Waals surface area contributed by atoms with Crippen LogP contribution in [-0.2, 0) is 4.74 Å². The van der Waals surface area contributed by atoms with E-state index in [1.54, 1.807) is 0 Å². The Hall–Kier alpha value is -0.220. The lowest BCUT2D eigenvalue weighted by Gasteiger charge is -2.22. The summed E-state index contributed by atoms with van der Waals surface area (Å²) in [6.07, 6.45) is 6.60. The van der Waals surface area contributed by atoms with Crippen LogP contribution >= 0.6 is 11.8 Å². The Kier molecular flexibility index (Phi) is 3.35. The van der Waals surface area contributed by atoms with Crippen molar-refractivity contribution in [2.45, 2.75) is 50.6 Å². The van der Waals surface area contributed by atoms with E-state index in [1.807, 2.05) is 11.8 Å². The Morgan fingerprint density at radius 3 is 3.00 bits per heavy atom. The highest BCUT2D eigenvalue weighted by molar-refractivity contribution is 8.14. The second-order valence-electron chi connectivity index (χ2n) is 5.70. The van der Waals surface area contributed by atoms with E-state index in [9.17, 15) is 0 Å². The van der Waals surface area contributed by atoms with Crippen LogP contribution in [0.5, 0.6) is 0 Å². The maximum absolute atomic E-state index is 5.44. The molecule has 3 nitrogen and oxygen atoms in total. The number of hydrogen-bond acceptors (Lipinski definition) is 3. The molecule has 2 saturated heterocycles. The van der Waals surface area contributed by atoms with Gasteiger partial charge in [-0.15, -0.1) is 0 Å². The first kappa shape index (κ1) is 11.8. The molecule has 0 aromatic rings. The second kappa shape index (κ2) is 4.81. The van der Waals surface area contributed by atoms with Gasteiger partial charge < -0.3 is 10.1 Å². The van der Waals surface area contributed by atoms with Crippen LogP contribution in [0.2, 0.25) is 0 Å². The molecule has 0 radical (unpaired) electrons. The van der Waals surface area contributed by atoms with E-state index in [4.69, 9.17) is 9.73 Å². The standard InChI is InChI=1S/C13H22N2OS/c1-10(11-4-7-16-8-11)14-12-15-13(9-17-12)5-2-3-6-13/h10-11H,2-9H2,1H3,(H,14,15). The third-order valence-electron chi connectivity index (χ3n) is 4.39. The van der Waals surface area contributed by atoms with E-state index in [1.165, 1.54) is 43.0 Å². The van der Waals surface area contributed by atoms with Crippen LogP contribution < -0.4 is 5.32 Å². The van der Waals surface area contributed by atoms with Gasteiger partial charge in [-0.25, -0.2) is 0 Å². The third-order valence-corrected chi connectivity index (χ3v) is 5.56. The van der Waals surface area contributed by atoms with Gasteiger partial charge in [-0.05, 0) is 26.2 Å². The molecule has 0 bridgehead atoms. The topological polar surface area (TPSA) is 33.6 Å². The molecule has 96 valence electrons. The van der Waals surface area contributed by atoms with Gasteiger partial charge in [-0.1, -0.05) is 24.6 Å². The summed E-state index contributed by atoms with van der Waals surface area (Å²) in [6, 6.07) is 0.407. The molecule has 2 heterocycles. The summed E-state index contributed by atoms with van der Waals surface area (Å²) in [6.45, 7) is 4.05. The summed E-state index contributed by atoms with van der Waals surface area (Å²) < 4.78 is 5.44. The van der Waals surface area contributed by atoms with E-state index in [0.29, 0.717) is 17.5 Å². The van der Waals surface area contributed by atoms with Crippen molar-refractivity contribution < 1.29 is 4.74 Å². The Labute approximate surface area is 108 Å². The van der Waals surface area contributed by atoms with Gasteiger partial charge in [0.15, 0.2) is 5.17 Å². The summed E-state index contributed by atoms with van der Waals surface area (Å²) >= 11 is 1.92. The Bertz CT molecular complexity index is 307. The fourth-order valence-corrected chi connectivity index (χ4v) is 4.42. The molecule has 3 rings (SSSR count). The van der Waals surface area contributed by atoms with Gasteiger partial charge in [0, 0.05) is 23.8 Å². The zero-order valence-corrected chi connectivity index (χ0v) is 11.4. The van der Waals surface area contributed by atoms with Gasteiger partial charge in [0.25, 0.3) is 0 Å². The summed E-state index contributed by atoms with van der Waals surface area (Å²) in [5.41, 5.74) is 0.398. The van der Waals surface area contributed by atoms with Crippen LogP contribution in [0.3, 0.4) is 0 Å². The fourth-order valence-electron chi connectivity index (χ4n) is 3.12. The van der Waals surface area contributed by atoms with Crippen LogP contribution in [0.15, 0.2) is 4.99 Å². The highest BCUT2D eigenvalue weighted by Crippen LogP contribution is 2.37. The highest BCUT2D eigenvalue weighted by atomic mass is 32.2. The van der Waals surface area contributed by atoms with Crippen molar-refractivity contribution in [1.29, 1.82) is 0 Å². The monoisotopic (exact) mass is 254 g/mol. The lowest BCUT2D eigenvalue weighted by molar-refractivity contribution is 0.182. The smallest absolute Gasteiger partial charge is 0.157 e. The fraction of sp³-hybridized carbons (Fsp3) is 0.923. The quantitative estimate of drug-likeness (QED) is 0.821. The van der Waals surface area contributed by atoms with Crippen molar-refractivity contribution in [2.24, 2.45) is 10.9 Å². The molecule has 4 heteroatoms. The number of aliphatic imine (C=N–C) groups is 1. The average Bonchev–Trinajstić information content (AvgIpc) is 3.04. The second-order valence-corrected chi connectivity index (χ2v) is 6.66. The van der Waals surface area contributed by atoms with Gasteiger partial charge in [-0.2, -0.15) is 0 Å². The third kappa shape index (κ3) is 2.48. The van der Waals surface area contributed by atoms with E-state index >= 15 is 0 Å². The van der Waals surface area contributed by atoms with Crippen molar-refractivity contribution in [3.8, 4) is 0 Å². The molecule has 17 heavy (non-hydrogen) atoms. The number of amidine groups is 1. The van der Waals surface area contributed by atoms with E-state index < -0.39 is 0 Å². The molecule has 3 aliphatic rings. The minimum Gasteiger partial charge on any atom is -0.381 e. The normalized spacial score (nSPS) is 35.6. The number of rotatable bonds is 2. The lowest BCUT2D eigenvalue weighted by Crippen LogP contribution is -2.41. The molecule has 1 spiro atoms. The number of nitrogens with zero attached hydrogens (tertiary/aromatic N) is 1. The predicted molar refractivity (Wildman–Crippen MR) is 72.6 cm³/mol. The summed E-state index contributed by atoms with van der Waals surface area (Å²) in [7, 11) is 0. The van der Waals surface area contributed by atoms with Crippen molar-refractivity contribution >= 4 is 16.9 Å². The van der Waals surface area contributed by atoms with Gasteiger partial charge in [0.05, 0.1) is 12.6 Å². The first-order chi connectivity index (χ1) is 8.27. The van der Waals surface area contributed by atoms with Crippen molar-refractivity contribution in [3.05, 3.63) is 0 Å². The largest absolute Gasteiger partial charge is 0.381 e. The summed E-state index contributed by atoms with van der Waals surface area (Å²) in [5, 5.41) is 4.88. The van der Waals surface area contributed by atoms with Crippen LogP contribution in [-0.4, -0.2) is 35.7 Å². The number of hydrogen-bond donors (Lipinski definition) is 1. The molecule has 1 N–H and O–H groups in total. The minimum atomic E-state index is 0.398. The number of thioether (sulfide) groups is 1. The van der Waals surface area contributed by atoms with Crippen molar-refractivity contribution in [3.63, 3.8) is 0 Å². The molecule has 1 aliphatic carbocycles.